The molecule has 14 heavy (non-hydrogen) atoms. The molecule has 0 aliphatic carbocycles. The van der Waals surface area contributed by atoms with E-state index < -0.39 is 0 Å². The van der Waals surface area contributed by atoms with Crippen LogP contribution in [0.2, 0.25) is 5.15 Å². The van der Waals surface area contributed by atoms with E-state index in [0.29, 0.717) is 10.4 Å². The van der Waals surface area contributed by atoms with Crippen LogP contribution in [-0.2, 0) is 0 Å². The van der Waals surface area contributed by atoms with Crippen LogP contribution in [0.4, 0.5) is 0 Å². The first-order valence-electron chi connectivity index (χ1n) is 4.08. The first-order chi connectivity index (χ1) is 6.65. The van der Waals surface area contributed by atoms with Crippen molar-refractivity contribution in [3.05, 3.63) is 16.0 Å². The molecule has 1 atom stereocenters. The number of hydrogen-bond donors (Lipinski definition) is 1. The average Bonchev–Trinajstić information content (AvgIpc) is 2.13. The van der Waals surface area contributed by atoms with Crippen molar-refractivity contribution in [1.82, 2.24) is 9.97 Å². The molecule has 1 unspecified atom stereocenters. The van der Waals surface area contributed by atoms with Gasteiger partial charge in [-0.25, -0.2) is 9.97 Å². The summed E-state index contributed by atoms with van der Waals surface area (Å²) < 4.78 is 0.719. The normalized spacial score (nSPS) is 12.9. The lowest BCUT2D eigenvalue weighted by Gasteiger charge is -2.09. The van der Waals surface area contributed by atoms with E-state index in [2.05, 4.69) is 25.9 Å². The summed E-state index contributed by atoms with van der Waals surface area (Å²) in [6.45, 7) is 2.22. The van der Waals surface area contributed by atoms with E-state index in [1.165, 1.54) is 6.33 Å². The number of aliphatic hydroxyl groups is 1. The quantitative estimate of drug-likeness (QED) is 0.686. The Morgan fingerprint density at radius 3 is 3.00 bits per heavy atom. The van der Waals surface area contributed by atoms with Gasteiger partial charge in [-0.3, -0.25) is 0 Å². The number of nitrogens with zero attached hydrogens (tertiary/aromatic N) is 2. The Kier molecular flexibility index (Phi) is 5.15. The van der Waals surface area contributed by atoms with Gasteiger partial charge in [0.05, 0.1) is 4.47 Å². The van der Waals surface area contributed by atoms with Gasteiger partial charge in [-0.05, 0) is 22.4 Å². The lowest BCUT2D eigenvalue weighted by atomic mass is 10.3. The molecular weight excluding hydrogens is 288 g/mol. The van der Waals surface area contributed by atoms with Crippen LogP contribution in [-0.4, -0.2) is 26.9 Å². The molecular formula is C8H10BrClN2OS. The van der Waals surface area contributed by atoms with E-state index >= 15 is 0 Å². The lowest BCUT2D eigenvalue weighted by molar-refractivity contribution is 0.289. The highest BCUT2D eigenvalue weighted by Crippen LogP contribution is 2.32. The van der Waals surface area contributed by atoms with Gasteiger partial charge in [-0.2, -0.15) is 0 Å². The van der Waals surface area contributed by atoms with E-state index in [-0.39, 0.29) is 6.61 Å². The maximum Gasteiger partial charge on any atom is 0.147 e. The second-order valence-electron chi connectivity index (χ2n) is 2.72. The van der Waals surface area contributed by atoms with Crippen molar-refractivity contribution in [3.8, 4) is 0 Å². The molecule has 6 heteroatoms. The summed E-state index contributed by atoms with van der Waals surface area (Å²) in [5, 5.41) is 10.3. The molecule has 3 nitrogen and oxygen atoms in total. The minimum Gasteiger partial charge on any atom is -0.396 e. The molecule has 0 saturated carbocycles. The zero-order chi connectivity index (χ0) is 10.6. The molecule has 1 aromatic heterocycles. The Balaban J connectivity index is 2.71. The molecule has 0 radical (unpaired) electrons. The van der Waals surface area contributed by atoms with Crippen molar-refractivity contribution in [2.75, 3.05) is 6.61 Å². The monoisotopic (exact) mass is 296 g/mol. The van der Waals surface area contributed by atoms with Crippen LogP contribution in [0.25, 0.3) is 0 Å². The molecule has 0 amide bonds. The van der Waals surface area contributed by atoms with Crippen LogP contribution in [0.5, 0.6) is 0 Å². The summed E-state index contributed by atoms with van der Waals surface area (Å²) in [7, 11) is 0. The van der Waals surface area contributed by atoms with Crippen molar-refractivity contribution in [2.45, 2.75) is 23.6 Å². The van der Waals surface area contributed by atoms with Gasteiger partial charge in [0.25, 0.3) is 0 Å². The Morgan fingerprint density at radius 2 is 2.36 bits per heavy atom. The molecule has 1 N–H and O–H groups in total. The maximum absolute atomic E-state index is 8.75. The van der Waals surface area contributed by atoms with Crippen LogP contribution in [0, 0.1) is 0 Å². The molecule has 0 bridgehead atoms. The molecule has 1 aromatic rings. The van der Waals surface area contributed by atoms with E-state index in [0.717, 1.165) is 15.9 Å². The van der Waals surface area contributed by atoms with Crippen LogP contribution >= 0.6 is 39.3 Å². The number of hydrogen-bond acceptors (Lipinski definition) is 4. The molecule has 1 rings (SSSR count). The third kappa shape index (κ3) is 3.38. The Hall–Kier alpha value is 0.160. The van der Waals surface area contributed by atoms with E-state index in [4.69, 9.17) is 16.7 Å². The Morgan fingerprint density at radius 1 is 1.64 bits per heavy atom. The highest BCUT2D eigenvalue weighted by atomic mass is 79.9. The van der Waals surface area contributed by atoms with Crippen molar-refractivity contribution in [2.24, 2.45) is 0 Å². The SMILES string of the molecule is CC(CCO)Sc1ncnc(Cl)c1Br. The number of thioether (sulfide) groups is 1. The molecule has 1 heterocycles. The highest BCUT2D eigenvalue weighted by Gasteiger charge is 2.11. The molecule has 0 fully saturated rings. The summed E-state index contributed by atoms with van der Waals surface area (Å²) in [4.78, 5) is 7.94. The molecule has 0 aliphatic rings. The number of aliphatic hydroxyl groups excluding tert-OH is 1. The van der Waals surface area contributed by atoms with Crippen LogP contribution in [0.15, 0.2) is 15.8 Å². The van der Waals surface area contributed by atoms with Gasteiger partial charge in [0.1, 0.15) is 16.5 Å². The standard InChI is InChI=1S/C8H10BrClN2OS/c1-5(2-3-13)14-8-6(9)7(10)11-4-12-8/h4-5,13H,2-3H2,1H3. The van der Waals surface area contributed by atoms with Crippen molar-refractivity contribution in [3.63, 3.8) is 0 Å². The second-order valence-corrected chi connectivity index (χ2v) is 5.30. The predicted molar refractivity (Wildman–Crippen MR) is 61.8 cm³/mol. The molecule has 0 spiro atoms. The summed E-state index contributed by atoms with van der Waals surface area (Å²) in [6, 6.07) is 0. The minimum atomic E-state index is 0.185. The van der Waals surface area contributed by atoms with Gasteiger partial charge in [-0.1, -0.05) is 18.5 Å². The Bertz CT molecular complexity index is 313. The van der Waals surface area contributed by atoms with Gasteiger partial charge in [0.15, 0.2) is 0 Å². The fraction of sp³-hybridized carbons (Fsp3) is 0.500. The smallest absolute Gasteiger partial charge is 0.147 e. The molecule has 0 aliphatic heterocycles. The van der Waals surface area contributed by atoms with Gasteiger partial charge in [-0.15, -0.1) is 11.8 Å². The van der Waals surface area contributed by atoms with Crippen LogP contribution < -0.4 is 0 Å². The van der Waals surface area contributed by atoms with Crippen LogP contribution in [0.1, 0.15) is 13.3 Å². The fourth-order valence-corrected chi connectivity index (χ4v) is 2.43. The Labute approximate surface area is 100 Å². The van der Waals surface area contributed by atoms with Crippen molar-refractivity contribution in [1.29, 1.82) is 0 Å². The third-order valence-electron chi connectivity index (χ3n) is 1.56. The van der Waals surface area contributed by atoms with Gasteiger partial charge in [0.2, 0.25) is 0 Å². The topological polar surface area (TPSA) is 46.0 Å². The minimum absolute atomic E-state index is 0.185. The zero-order valence-corrected chi connectivity index (χ0v) is 10.7. The number of aromatic nitrogens is 2. The molecule has 78 valence electrons. The molecule has 0 aromatic carbocycles. The zero-order valence-electron chi connectivity index (χ0n) is 7.57. The van der Waals surface area contributed by atoms with E-state index in [9.17, 15) is 0 Å². The van der Waals surface area contributed by atoms with Gasteiger partial charge < -0.3 is 5.11 Å². The third-order valence-corrected chi connectivity index (χ3v) is 4.26. The largest absolute Gasteiger partial charge is 0.396 e. The van der Waals surface area contributed by atoms with Gasteiger partial charge in [0, 0.05) is 11.9 Å². The fourth-order valence-electron chi connectivity index (χ4n) is 0.847. The first kappa shape index (κ1) is 12.2. The summed E-state index contributed by atoms with van der Waals surface area (Å²) >= 11 is 10.7. The van der Waals surface area contributed by atoms with Gasteiger partial charge >= 0.3 is 0 Å². The number of halogens is 2. The summed E-state index contributed by atoms with van der Waals surface area (Å²) in [5.41, 5.74) is 0. The van der Waals surface area contributed by atoms with Crippen molar-refractivity contribution < 1.29 is 5.11 Å². The second kappa shape index (κ2) is 5.90. The van der Waals surface area contributed by atoms with E-state index in [1.54, 1.807) is 11.8 Å². The molecule has 0 saturated heterocycles. The summed E-state index contributed by atoms with van der Waals surface area (Å²) in [6.07, 6.45) is 2.17. The summed E-state index contributed by atoms with van der Waals surface area (Å²) in [5.74, 6) is 0. The highest BCUT2D eigenvalue weighted by molar-refractivity contribution is 9.10. The van der Waals surface area contributed by atoms with E-state index in [1.807, 2.05) is 6.92 Å². The first-order valence-corrected chi connectivity index (χ1v) is 6.13. The average molecular weight is 298 g/mol. The lowest BCUT2D eigenvalue weighted by Crippen LogP contribution is -2.00. The van der Waals surface area contributed by atoms with Crippen LogP contribution in [0.3, 0.4) is 0 Å². The maximum atomic E-state index is 8.75. The van der Waals surface area contributed by atoms with Crippen molar-refractivity contribution >= 4 is 39.3 Å². The number of rotatable bonds is 4. The predicted octanol–water partition coefficient (Wildman–Crippen LogP) is 2.76.